The fourth-order valence-corrected chi connectivity index (χ4v) is 1.86. The van der Waals surface area contributed by atoms with Crippen molar-refractivity contribution < 1.29 is 29.4 Å². The predicted molar refractivity (Wildman–Crippen MR) is 91.9 cm³/mol. The standard InChI is InChI=1S/C14H26N6O6/c1-7(11(23)20-9(13(25)26)4-5-10(21)22)19-12(24)8(15)3-2-6-18-14(16)17/h7-9H,2-6,15H2,1H3,(H,19,24)(H,20,23)(H,21,22)(H,25,26)(H4,16,17,18). The van der Waals surface area contributed by atoms with E-state index in [2.05, 4.69) is 15.6 Å². The first kappa shape index (κ1) is 23.1. The Morgan fingerprint density at radius 1 is 1.04 bits per heavy atom. The Hall–Kier alpha value is -2.89. The van der Waals surface area contributed by atoms with Crippen molar-refractivity contribution in [3.8, 4) is 0 Å². The third-order valence-electron chi connectivity index (χ3n) is 3.32. The number of aliphatic carboxylic acids is 2. The number of carbonyl (C=O) groups excluding carboxylic acids is 2. The number of hydrogen-bond acceptors (Lipinski definition) is 6. The molecule has 0 bridgehead atoms. The van der Waals surface area contributed by atoms with Crippen molar-refractivity contribution in [3.63, 3.8) is 0 Å². The van der Waals surface area contributed by atoms with Crippen LogP contribution in [-0.2, 0) is 19.2 Å². The summed E-state index contributed by atoms with van der Waals surface area (Å²) in [6, 6.07) is -3.30. The molecule has 0 radical (unpaired) electrons. The highest BCUT2D eigenvalue weighted by Gasteiger charge is 2.25. The highest BCUT2D eigenvalue weighted by Crippen LogP contribution is 2.00. The molecule has 0 fully saturated rings. The predicted octanol–water partition coefficient (Wildman–Crippen LogP) is -2.69. The lowest BCUT2D eigenvalue weighted by Gasteiger charge is -2.20. The summed E-state index contributed by atoms with van der Waals surface area (Å²) < 4.78 is 0. The second-order valence-corrected chi connectivity index (χ2v) is 5.62. The second-order valence-electron chi connectivity index (χ2n) is 5.62. The lowest BCUT2D eigenvalue weighted by atomic mass is 10.1. The molecule has 0 spiro atoms. The zero-order valence-electron chi connectivity index (χ0n) is 14.5. The summed E-state index contributed by atoms with van der Waals surface area (Å²) in [6.07, 6.45) is 0.0523. The van der Waals surface area contributed by atoms with Crippen molar-refractivity contribution >= 4 is 29.7 Å². The summed E-state index contributed by atoms with van der Waals surface area (Å²) >= 11 is 0. The quantitative estimate of drug-likeness (QED) is 0.107. The third-order valence-corrected chi connectivity index (χ3v) is 3.32. The summed E-state index contributed by atoms with van der Waals surface area (Å²) in [7, 11) is 0. The fourth-order valence-electron chi connectivity index (χ4n) is 1.86. The van der Waals surface area contributed by atoms with Gasteiger partial charge in [0.25, 0.3) is 0 Å². The monoisotopic (exact) mass is 374 g/mol. The van der Waals surface area contributed by atoms with Gasteiger partial charge in [0.05, 0.1) is 6.04 Å². The smallest absolute Gasteiger partial charge is 0.326 e. The number of nitrogens with two attached hydrogens (primary N) is 3. The van der Waals surface area contributed by atoms with Crippen LogP contribution in [0.1, 0.15) is 32.6 Å². The number of rotatable bonds is 12. The summed E-state index contributed by atoms with van der Waals surface area (Å²) in [4.78, 5) is 49.2. The molecule has 0 aliphatic heterocycles. The number of guanidine groups is 1. The van der Waals surface area contributed by atoms with Gasteiger partial charge in [-0.05, 0) is 26.2 Å². The summed E-state index contributed by atoms with van der Waals surface area (Å²) in [5.41, 5.74) is 16.0. The number of carbonyl (C=O) groups is 4. The topological polar surface area (TPSA) is 223 Å². The maximum absolute atomic E-state index is 12.0. The molecule has 148 valence electrons. The van der Waals surface area contributed by atoms with E-state index in [9.17, 15) is 19.2 Å². The lowest BCUT2D eigenvalue weighted by Crippen LogP contribution is -2.53. The molecule has 0 aromatic carbocycles. The molecule has 10 N–H and O–H groups in total. The molecule has 12 nitrogen and oxygen atoms in total. The van der Waals surface area contributed by atoms with Crippen LogP contribution in [0.5, 0.6) is 0 Å². The van der Waals surface area contributed by atoms with Crippen molar-refractivity contribution in [2.45, 2.75) is 50.7 Å². The van der Waals surface area contributed by atoms with Crippen LogP contribution < -0.4 is 27.8 Å². The number of amides is 2. The van der Waals surface area contributed by atoms with Crippen LogP contribution in [0.25, 0.3) is 0 Å². The van der Waals surface area contributed by atoms with Crippen LogP contribution in [0.2, 0.25) is 0 Å². The zero-order valence-corrected chi connectivity index (χ0v) is 14.5. The average molecular weight is 374 g/mol. The molecule has 0 aliphatic carbocycles. The minimum atomic E-state index is -1.37. The molecule has 0 aromatic heterocycles. The number of aliphatic imine (C=N–C) groups is 1. The normalized spacial score (nSPS) is 13.8. The van der Waals surface area contributed by atoms with E-state index < -0.39 is 48.3 Å². The van der Waals surface area contributed by atoms with Gasteiger partial charge >= 0.3 is 11.9 Å². The van der Waals surface area contributed by atoms with Crippen LogP contribution in [0.4, 0.5) is 0 Å². The van der Waals surface area contributed by atoms with Gasteiger partial charge < -0.3 is 38.0 Å². The highest BCUT2D eigenvalue weighted by atomic mass is 16.4. The summed E-state index contributed by atoms with van der Waals surface area (Å²) in [6.45, 7) is 1.67. The van der Waals surface area contributed by atoms with Crippen molar-refractivity contribution in [2.75, 3.05) is 6.54 Å². The number of carboxylic acids is 2. The molecule has 12 heteroatoms. The van der Waals surface area contributed by atoms with E-state index in [0.717, 1.165) is 0 Å². The van der Waals surface area contributed by atoms with E-state index in [4.69, 9.17) is 27.4 Å². The Labute approximate surface area is 150 Å². The Morgan fingerprint density at radius 2 is 1.65 bits per heavy atom. The molecule has 0 heterocycles. The van der Waals surface area contributed by atoms with Crippen LogP contribution in [-0.4, -0.2) is 64.6 Å². The molecule has 0 saturated heterocycles. The van der Waals surface area contributed by atoms with E-state index in [-0.39, 0.29) is 18.8 Å². The Bertz CT molecular complexity index is 548. The molecule has 0 saturated carbocycles. The average Bonchev–Trinajstić information content (AvgIpc) is 2.53. The molecule has 2 amide bonds. The van der Waals surface area contributed by atoms with Crippen molar-refractivity contribution in [1.82, 2.24) is 10.6 Å². The maximum Gasteiger partial charge on any atom is 0.326 e. The summed E-state index contributed by atoms with van der Waals surface area (Å²) in [5.74, 6) is -3.96. The molecule has 26 heavy (non-hydrogen) atoms. The van der Waals surface area contributed by atoms with Crippen LogP contribution in [0.3, 0.4) is 0 Å². The van der Waals surface area contributed by atoms with E-state index in [1.165, 1.54) is 6.92 Å². The fraction of sp³-hybridized carbons (Fsp3) is 0.643. The van der Waals surface area contributed by atoms with E-state index >= 15 is 0 Å². The van der Waals surface area contributed by atoms with Gasteiger partial charge in [0.15, 0.2) is 5.96 Å². The molecular weight excluding hydrogens is 348 g/mol. The van der Waals surface area contributed by atoms with Crippen molar-refractivity contribution in [1.29, 1.82) is 0 Å². The first-order chi connectivity index (χ1) is 12.0. The molecular formula is C14H26N6O6. The maximum atomic E-state index is 12.0. The van der Waals surface area contributed by atoms with E-state index in [1.807, 2.05) is 0 Å². The van der Waals surface area contributed by atoms with E-state index in [0.29, 0.717) is 13.0 Å². The first-order valence-corrected chi connectivity index (χ1v) is 7.91. The van der Waals surface area contributed by atoms with Gasteiger partial charge in [-0.1, -0.05) is 0 Å². The van der Waals surface area contributed by atoms with Crippen LogP contribution >= 0.6 is 0 Å². The number of hydrogen-bond donors (Lipinski definition) is 7. The van der Waals surface area contributed by atoms with Crippen molar-refractivity contribution in [2.24, 2.45) is 22.2 Å². The van der Waals surface area contributed by atoms with Gasteiger partial charge in [0.1, 0.15) is 12.1 Å². The van der Waals surface area contributed by atoms with E-state index in [1.54, 1.807) is 0 Å². The molecule has 0 aromatic rings. The summed E-state index contributed by atoms with van der Waals surface area (Å²) in [5, 5.41) is 22.1. The molecule has 0 aliphatic rings. The Kier molecular flexibility index (Phi) is 10.3. The number of nitrogens with zero attached hydrogens (tertiary/aromatic N) is 1. The van der Waals surface area contributed by atoms with Gasteiger partial charge in [-0.15, -0.1) is 0 Å². The Morgan fingerprint density at radius 3 is 2.15 bits per heavy atom. The lowest BCUT2D eigenvalue weighted by molar-refractivity contribution is -0.143. The van der Waals surface area contributed by atoms with Gasteiger partial charge in [-0.2, -0.15) is 0 Å². The van der Waals surface area contributed by atoms with Gasteiger partial charge in [-0.25, -0.2) is 4.79 Å². The molecule has 0 rings (SSSR count). The zero-order chi connectivity index (χ0) is 20.3. The molecule has 3 unspecified atom stereocenters. The highest BCUT2D eigenvalue weighted by molar-refractivity contribution is 5.91. The van der Waals surface area contributed by atoms with Gasteiger partial charge in [0, 0.05) is 13.0 Å². The molecule has 3 atom stereocenters. The van der Waals surface area contributed by atoms with Gasteiger partial charge in [0.2, 0.25) is 11.8 Å². The minimum Gasteiger partial charge on any atom is -0.481 e. The number of carboxylic acid groups (broad SMARTS) is 2. The minimum absolute atomic E-state index is 0.0656. The first-order valence-electron chi connectivity index (χ1n) is 7.91. The van der Waals surface area contributed by atoms with Crippen LogP contribution in [0, 0.1) is 0 Å². The SMILES string of the molecule is CC(NC(=O)C(N)CCCN=C(N)N)C(=O)NC(CCC(=O)O)C(=O)O. The second kappa shape index (κ2) is 11.6. The van der Waals surface area contributed by atoms with Crippen LogP contribution in [0.15, 0.2) is 4.99 Å². The Balaban J connectivity index is 4.44. The van der Waals surface area contributed by atoms with Crippen molar-refractivity contribution in [3.05, 3.63) is 0 Å². The van der Waals surface area contributed by atoms with Gasteiger partial charge in [-0.3, -0.25) is 19.4 Å². The largest absolute Gasteiger partial charge is 0.481 e. The number of nitrogens with one attached hydrogen (secondary N) is 2. The third kappa shape index (κ3) is 10.1.